The summed E-state index contributed by atoms with van der Waals surface area (Å²) in [5, 5.41) is 17.4. The lowest BCUT2D eigenvalue weighted by molar-refractivity contribution is -0.278. The van der Waals surface area contributed by atoms with Gasteiger partial charge in [0.15, 0.2) is 0 Å². The summed E-state index contributed by atoms with van der Waals surface area (Å²) in [6.45, 7) is 0.378. The molecule has 10 heavy (non-hydrogen) atoms. The van der Waals surface area contributed by atoms with Crippen LogP contribution in [-0.4, -0.2) is 35.6 Å². The summed E-state index contributed by atoms with van der Waals surface area (Å²) in [6.07, 6.45) is 0.543. The highest BCUT2D eigenvalue weighted by Crippen LogP contribution is 2.13. The fourth-order valence-electron chi connectivity index (χ4n) is 0.907. The van der Waals surface area contributed by atoms with Gasteiger partial charge < -0.3 is 10.2 Å². The van der Waals surface area contributed by atoms with Gasteiger partial charge in [-0.15, -0.1) is 0 Å². The second-order valence-corrected chi connectivity index (χ2v) is 2.40. The second-order valence-electron chi connectivity index (χ2n) is 2.40. The monoisotopic (exact) mass is 148 g/mol. The van der Waals surface area contributed by atoms with Crippen LogP contribution in [0.25, 0.3) is 0 Å². The topological polar surface area (TPSA) is 58.9 Å². The summed E-state index contributed by atoms with van der Waals surface area (Å²) in [7, 11) is 0. The summed E-state index contributed by atoms with van der Waals surface area (Å²) < 4.78 is 0. The normalized spacial score (nSPS) is 28.8. The molecular weight excluding hydrogens is 136 g/mol. The Morgan fingerprint density at radius 3 is 2.90 bits per heavy atom. The minimum Gasteiger partial charge on any atom is -0.394 e. The van der Waals surface area contributed by atoms with Crippen molar-refractivity contribution in [2.24, 2.45) is 0 Å². The first-order valence-corrected chi connectivity index (χ1v) is 3.40. The van der Waals surface area contributed by atoms with Gasteiger partial charge in [0, 0.05) is 12.8 Å². The van der Waals surface area contributed by atoms with Gasteiger partial charge in [-0.1, -0.05) is 0 Å². The highest BCUT2D eigenvalue weighted by Gasteiger charge is 2.20. The summed E-state index contributed by atoms with van der Waals surface area (Å²) >= 11 is 0. The summed E-state index contributed by atoms with van der Waals surface area (Å²) in [5.74, 6) is 0. The van der Waals surface area contributed by atoms with Gasteiger partial charge in [0.1, 0.15) is 0 Å². The molecule has 0 saturated carbocycles. The van der Waals surface area contributed by atoms with Crippen molar-refractivity contribution in [3.8, 4) is 0 Å². The molecule has 1 aliphatic rings. The molecule has 1 aliphatic heterocycles. The van der Waals surface area contributed by atoms with Gasteiger partial charge in [-0.05, 0) is 0 Å². The van der Waals surface area contributed by atoms with Crippen LogP contribution in [0.3, 0.4) is 0 Å². The third-order valence-corrected chi connectivity index (χ3v) is 1.47. The van der Waals surface area contributed by atoms with Gasteiger partial charge in [0.05, 0.1) is 25.4 Å². The largest absolute Gasteiger partial charge is 0.394 e. The first-order chi connectivity index (χ1) is 4.83. The zero-order valence-corrected chi connectivity index (χ0v) is 5.69. The SMILES string of the molecule is OCC(O)CC1CCOO1. The second kappa shape index (κ2) is 3.88. The average molecular weight is 148 g/mol. The Hall–Kier alpha value is -0.160. The fourth-order valence-corrected chi connectivity index (χ4v) is 0.907. The molecule has 0 radical (unpaired) electrons. The van der Waals surface area contributed by atoms with Gasteiger partial charge in [0.25, 0.3) is 0 Å². The van der Waals surface area contributed by atoms with E-state index in [0.29, 0.717) is 13.0 Å². The lowest BCUT2D eigenvalue weighted by Crippen LogP contribution is -2.19. The zero-order valence-electron chi connectivity index (χ0n) is 5.69. The summed E-state index contributed by atoms with van der Waals surface area (Å²) in [6, 6.07) is 0. The molecule has 2 N–H and O–H groups in total. The highest BCUT2D eigenvalue weighted by molar-refractivity contribution is 4.64. The van der Waals surface area contributed by atoms with E-state index < -0.39 is 6.10 Å². The van der Waals surface area contributed by atoms with Gasteiger partial charge in [0.2, 0.25) is 0 Å². The first kappa shape index (κ1) is 7.94. The minimum absolute atomic E-state index is 0.0397. The van der Waals surface area contributed by atoms with Crippen LogP contribution in [0, 0.1) is 0 Å². The van der Waals surface area contributed by atoms with E-state index in [9.17, 15) is 0 Å². The van der Waals surface area contributed by atoms with Gasteiger partial charge in [-0.25, -0.2) is 9.78 Å². The van der Waals surface area contributed by atoms with E-state index in [1.54, 1.807) is 0 Å². The van der Waals surface area contributed by atoms with Crippen LogP contribution in [-0.2, 0) is 9.78 Å². The molecule has 0 aliphatic carbocycles. The standard InChI is InChI=1S/C6H12O4/c7-4-5(8)3-6-1-2-9-10-6/h5-8H,1-4H2. The van der Waals surface area contributed by atoms with E-state index in [1.165, 1.54) is 0 Å². The third-order valence-electron chi connectivity index (χ3n) is 1.47. The van der Waals surface area contributed by atoms with Crippen LogP contribution < -0.4 is 0 Å². The predicted octanol–water partition coefficient (Wildman–Crippen LogP) is -0.550. The molecule has 1 rings (SSSR count). The minimum atomic E-state index is -0.674. The molecule has 60 valence electrons. The van der Waals surface area contributed by atoms with Crippen molar-refractivity contribution >= 4 is 0 Å². The molecule has 0 aromatic carbocycles. The van der Waals surface area contributed by atoms with Crippen molar-refractivity contribution in [3.63, 3.8) is 0 Å². The molecule has 0 amide bonds. The molecule has 2 unspecified atom stereocenters. The van der Waals surface area contributed by atoms with Gasteiger partial charge in [-0.2, -0.15) is 0 Å². The Balaban J connectivity index is 2.11. The van der Waals surface area contributed by atoms with Crippen molar-refractivity contribution in [3.05, 3.63) is 0 Å². The third kappa shape index (κ3) is 2.22. The molecular formula is C6H12O4. The van der Waals surface area contributed by atoms with E-state index in [4.69, 9.17) is 15.1 Å². The number of hydrogen-bond acceptors (Lipinski definition) is 4. The van der Waals surface area contributed by atoms with E-state index in [0.717, 1.165) is 6.42 Å². The summed E-state index contributed by atoms with van der Waals surface area (Å²) in [5.41, 5.74) is 0. The van der Waals surface area contributed by atoms with Crippen molar-refractivity contribution in [1.82, 2.24) is 0 Å². The van der Waals surface area contributed by atoms with E-state index in [1.807, 2.05) is 0 Å². The Morgan fingerprint density at radius 1 is 1.60 bits per heavy atom. The Morgan fingerprint density at radius 2 is 2.40 bits per heavy atom. The van der Waals surface area contributed by atoms with E-state index in [-0.39, 0.29) is 12.7 Å². The van der Waals surface area contributed by atoms with Crippen LogP contribution >= 0.6 is 0 Å². The van der Waals surface area contributed by atoms with Crippen LogP contribution in [0.1, 0.15) is 12.8 Å². The van der Waals surface area contributed by atoms with Crippen molar-refractivity contribution in [1.29, 1.82) is 0 Å². The van der Waals surface area contributed by atoms with Gasteiger partial charge in [-0.3, -0.25) is 0 Å². The number of hydrogen-bond donors (Lipinski definition) is 2. The van der Waals surface area contributed by atoms with Crippen LogP contribution in [0.4, 0.5) is 0 Å². The molecule has 1 heterocycles. The highest BCUT2D eigenvalue weighted by atomic mass is 17.2. The average Bonchev–Trinajstić information content (AvgIpc) is 2.40. The Labute approximate surface area is 59.3 Å². The summed E-state index contributed by atoms with van der Waals surface area (Å²) in [4.78, 5) is 9.36. The molecule has 2 atom stereocenters. The molecule has 0 aromatic rings. The van der Waals surface area contributed by atoms with Crippen LogP contribution in [0.5, 0.6) is 0 Å². The van der Waals surface area contributed by atoms with E-state index >= 15 is 0 Å². The Bertz CT molecular complexity index is 89.7. The maximum atomic E-state index is 8.93. The number of aliphatic hydroxyl groups is 2. The molecule has 0 aromatic heterocycles. The number of aliphatic hydroxyl groups excluding tert-OH is 2. The zero-order chi connectivity index (χ0) is 7.40. The quantitative estimate of drug-likeness (QED) is 0.527. The molecule has 4 heteroatoms. The van der Waals surface area contributed by atoms with Crippen LogP contribution in [0.15, 0.2) is 0 Å². The van der Waals surface area contributed by atoms with Crippen LogP contribution in [0.2, 0.25) is 0 Å². The van der Waals surface area contributed by atoms with Crippen molar-refractivity contribution in [2.45, 2.75) is 25.0 Å². The molecule has 0 spiro atoms. The maximum Gasteiger partial charge on any atom is 0.0978 e. The van der Waals surface area contributed by atoms with E-state index in [2.05, 4.69) is 4.89 Å². The molecule has 1 saturated heterocycles. The molecule has 1 fully saturated rings. The molecule has 4 nitrogen and oxygen atoms in total. The smallest absolute Gasteiger partial charge is 0.0978 e. The molecule has 0 bridgehead atoms. The Kier molecular flexibility index (Phi) is 3.08. The number of rotatable bonds is 3. The lowest BCUT2D eigenvalue weighted by Gasteiger charge is -2.09. The first-order valence-electron chi connectivity index (χ1n) is 3.40. The fraction of sp³-hybridized carbons (Fsp3) is 1.00. The lowest BCUT2D eigenvalue weighted by atomic mass is 10.1. The van der Waals surface area contributed by atoms with Crippen molar-refractivity contribution in [2.75, 3.05) is 13.2 Å². The van der Waals surface area contributed by atoms with Gasteiger partial charge >= 0.3 is 0 Å². The predicted molar refractivity (Wildman–Crippen MR) is 33.2 cm³/mol. The maximum absolute atomic E-state index is 8.93. The van der Waals surface area contributed by atoms with Crippen molar-refractivity contribution < 1.29 is 20.0 Å².